The van der Waals surface area contributed by atoms with Crippen LogP contribution in [0.3, 0.4) is 0 Å². The van der Waals surface area contributed by atoms with E-state index in [0.717, 1.165) is 0 Å². The minimum absolute atomic E-state index is 0.122. The second-order valence-corrected chi connectivity index (χ2v) is 3.77. The number of hydrogen-bond acceptors (Lipinski definition) is 4. The summed E-state index contributed by atoms with van der Waals surface area (Å²) >= 11 is 0. The van der Waals surface area contributed by atoms with E-state index in [-0.39, 0.29) is 12.3 Å². The number of carbonyl (C=O) groups excluding carboxylic acids is 1. The zero-order valence-electron chi connectivity index (χ0n) is 10.2. The Hall–Kier alpha value is -1.85. The molecule has 17 heavy (non-hydrogen) atoms. The number of amides is 1. The van der Waals surface area contributed by atoms with Gasteiger partial charge in [-0.25, -0.2) is 4.98 Å². The van der Waals surface area contributed by atoms with E-state index in [1.807, 2.05) is 6.92 Å². The number of aliphatic carboxylic acids is 1. The maximum absolute atomic E-state index is 12.0. The van der Waals surface area contributed by atoms with E-state index in [1.54, 1.807) is 13.8 Å². The lowest BCUT2D eigenvalue weighted by molar-refractivity contribution is -0.137. The Labute approximate surface area is 99.2 Å². The Morgan fingerprint density at radius 3 is 2.47 bits per heavy atom. The van der Waals surface area contributed by atoms with Crippen molar-refractivity contribution in [1.29, 1.82) is 0 Å². The van der Waals surface area contributed by atoms with Crippen molar-refractivity contribution in [1.82, 2.24) is 9.88 Å². The van der Waals surface area contributed by atoms with Gasteiger partial charge in [-0.1, -0.05) is 6.92 Å². The lowest BCUT2D eigenvalue weighted by Crippen LogP contribution is -2.36. The van der Waals surface area contributed by atoms with Crippen molar-refractivity contribution >= 4 is 11.9 Å². The molecular weight excluding hydrogens is 224 g/mol. The van der Waals surface area contributed by atoms with E-state index >= 15 is 0 Å². The molecule has 0 atom stereocenters. The summed E-state index contributed by atoms with van der Waals surface area (Å²) in [4.78, 5) is 27.9. The lowest BCUT2D eigenvalue weighted by Gasteiger charge is -2.18. The molecule has 94 valence electrons. The molecular formula is C11H16N2O4. The van der Waals surface area contributed by atoms with Crippen LogP contribution in [0.5, 0.6) is 0 Å². The maximum Gasteiger partial charge on any atom is 0.323 e. The molecule has 1 rings (SSSR count). The fraction of sp³-hybridized carbons (Fsp3) is 0.545. The van der Waals surface area contributed by atoms with Crippen LogP contribution in [0, 0.1) is 13.8 Å². The molecule has 0 unspecified atom stereocenters. The molecule has 1 amide bonds. The normalized spacial score (nSPS) is 10.3. The minimum Gasteiger partial charge on any atom is -0.480 e. The van der Waals surface area contributed by atoms with E-state index < -0.39 is 11.9 Å². The highest BCUT2D eigenvalue weighted by molar-refractivity contribution is 5.94. The number of oxazole rings is 1. The molecule has 1 aromatic rings. The molecule has 0 fully saturated rings. The first kappa shape index (κ1) is 13.2. The van der Waals surface area contributed by atoms with Crippen LogP contribution in [-0.4, -0.2) is 40.0 Å². The zero-order valence-corrected chi connectivity index (χ0v) is 10.2. The first-order chi connectivity index (χ1) is 7.95. The second-order valence-electron chi connectivity index (χ2n) is 3.77. The lowest BCUT2D eigenvalue weighted by atomic mass is 10.3. The van der Waals surface area contributed by atoms with Crippen molar-refractivity contribution in [3.8, 4) is 0 Å². The van der Waals surface area contributed by atoms with Gasteiger partial charge in [-0.2, -0.15) is 0 Å². The Balaban J connectivity index is 2.91. The van der Waals surface area contributed by atoms with E-state index in [2.05, 4.69) is 4.98 Å². The zero-order chi connectivity index (χ0) is 13.0. The highest BCUT2D eigenvalue weighted by Crippen LogP contribution is 2.12. The smallest absolute Gasteiger partial charge is 0.323 e. The second kappa shape index (κ2) is 5.47. The van der Waals surface area contributed by atoms with Gasteiger partial charge in [0.25, 0.3) is 5.91 Å². The van der Waals surface area contributed by atoms with Crippen molar-refractivity contribution < 1.29 is 19.1 Å². The summed E-state index contributed by atoms with van der Waals surface area (Å²) in [5.74, 6) is -0.942. The van der Waals surface area contributed by atoms with Gasteiger partial charge in [0.1, 0.15) is 6.54 Å². The predicted octanol–water partition coefficient (Wildman–Crippen LogP) is 1.23. The quantitative estimate of drug-likeness (QED) is 0.836. The molecule has 0 aliphatic rings. The van der Waals surface area contributed by atoms with E-state index in [4.69, 9.17) is 9.52 Å². The van der Waals surface area contributed by atoms with E-state index in [0.29, 0.717) is 24.6 Å². The summed E-state index contributed by atoms with van der Waals surface area (Å²) in [6, 6.07) is 0. The van der Waals surface area contributed by atoms with Gasteiger partial charge in [0.2, 0.25) is 5.76 Å². The van der Waals surface area contributed by atoms with Crippen LogP contribution >= 0.6 is 0 Å². The van der Waals surface area contributed by atoms with Crippen LogP contribution in [0.2, 0.25) is 0 Å². The van der Waals surface area contributed by atoms with Crippen LogP contribution in [0.1, 0.15) is 35.5 Å². The minimum atomic E-state index is -1.04. The van der Waals surface area contributed by atoms with Gasteiger partial charge in [0.05, 0.1) is 5.69 Å². The van der Waals surface area contributed by atoms with Crippen LogP contribution in [0.15, 0.2) is 4.42 Å². The molecule has 1 heterocycles. The fourth-order valence-electron chi connectivity index (χ4n) is 1.56. The third kappa shape index (κ3) is 3.30. The number of carboxylic acid groups (broad SMARTS) is 1. The number of aromatic nitrogens is 1. The van der Waals surface area contributed by atoms with Gasteiger partial charge in [0, 0.05) is 13.5 Å². The Bertz CT molecular complexity index is 425. The van der Waals surface area contributed by atoms with Gasteiger partial charge < -0.3 is 14.4 Å². The molecule has 6 nitrogen and oxygen atoms in total. The number of aryl methyl sites for hydroxylation is 2. The molecule has 1 aromatic heterocycles. The average Bonchev–Trinajstić information content (AvgIpc) is 2.55. The van der Waals surface area contributed by atoms with Gasteiger partial charge in [-0.3, -0.25) is 9.59 Å². The molecule has 0 spiro atoms. The van der Waals surface area contributed by atoms with Crippen molar-refractivity contribution in [2.75, 3.05) is 13.1 Å². The molecule has 6 heteroatoms. The Kier molecular flexibility index (Phi) is 4.25. The van der Waals surface area contributed by atoms with Crippen LogP contribution in [0.4, 0.5) is 0 Å². The van der Waals surface area contributed by atoms with Gasteiger partial charge in [-0.05, 0) is 13.3 Å². The third-order valence-electron chi connectivity index (χ3n) is 2.20. The molecule has 0 bridgehead atoms. The average molecular weight is 240 g/mol. The summed E-state index contributed by atoms with van der Waals surface area (Å²) in [5, 5.41) is 8.74. The van der Waals surface area contributed by atoms with Gasteiger partial charge in [0.15, 0.2) is 5.89 Å². The summed E-state index contributed by atoms with van der Waals surface area (Å²) in [7, 11) is 0. The van der Waals surface area contributed by atoms with E-state index in [9.17, 15) is 9.59 Å². The van der Waals surface area contributed by atoms with Crippen molar-refractivity contribution in [2.24, 2.45) is 0 Å². The standard InChI is InChI=1S/C11H16N2O4/c1-4-5-13(6-9(14)15)11(16)10-7(2)12-8(3)17-10/h4-6H2,1-3H3,(H,14,15). The third-order valence-corrected chi connectivity index (χ3v) is 2.20. The predicted molar refractivity (Wildman–Crippen MR) is 59.8 cm³/mol. The van der Waals surface area contributed by atoms with Crippen molar-refractivity contribution in [3.05, 3.63) is 17.3 Å². The van der Waals surface area contributed by atoms with E-state index in [1.165, 1.54) is 4.90 Å². The number of hydrogen-bond donors (Lipinski definition) is 1. The Morgan fingerprint density at radius 1 is 1.41 bits per heavy atom. The van der Waals surface area contributed by atoms with Gasteiger partial charge >= 0.3 is 5.97 Å². The van der Waals surface area contributed by atoms with Crippen molar-refractivity contribution in [2.45, 2.75) is 27.2 Å². The molecule has 0 saturated carbocycles. The van der Waals surface area contributed by atoms with Gasteiger partial charge in [-0.15, -0.1) is 0 Å². The topological polar surface area (TPSA) is 83.6 Å². The molecule has 0 aromatic carbocycles. The highest BCUT2D eigenvalue weighted by Gasteiger charge is 2.23. The number of rotatable bonds is 5. The fourth-order valence-corrected chi connectivity index (χ4v) is 1.56. The van der Waals surface area contributed by atoms with Crippen LogP contribution in [0.25, 0.3) is 0 Å². The van der Waals surface area contributed by atoms with Crippen LogP contribution in [-0.2, 0) is 4.79 Å². The summed E-state index contributed by atoms with van der Waals surface area (Å²) in [6.45, 7) is 5.23. The number of carbonyl (C=O) groups is 2. The monoisotopic (exact) mass is 240 g/mol. The summed E-state index contributed by atoms with van der Waals surface area (Å²) in [6.07, 6.45) is 0.686. The largest absolute Gasteiger partial charge is 0.480 e. The molecule has 0 aliphatic carbocycles. The molecule has 1 N–H and O–H groups in total. The molecule has 0 radical (unpaired) electrons. The SMILES string of the molecule is CCCN(CC(=O)O)C(=O)c1oc(C)nc1C. The summed E-state index contributed by atoms with van der Waals surface area (Å²) in [5.41, 5.74) is 0.485. The Morgan fingerprint density at radius 2 is 2.06 bits per heavy atom. The first-order valence-electron chi connectivity index (χ1n) is 5.40. The number of carboxylic acids is 1. The maximum atomic E-state index is 12.0. The van der Waals surface area contributed by atoms with Crippen LogP contribution < -0.4 is 0 Å². The molecule has 0 aliphatic heterocycles. The number of nitrogens with zero attached hydrogens (tertiary/aromatic N) is 2. The first-order valence-corrected chi connectivity index (χ1v) is 5.40. The highest BCUT2D eigenvalue weighted by atomic mass is 16.4. The van der Waals surface area contributed by atoms with Crippen molar-refractivity contribution in [3.63, 3.8) is 0 Å². The summed E-state index contributed by atoms with van der Waals surface area (Å²) < 4.78 is 5.19. The molecule has 0 saturated heterocycles.